The van der Waals surface area contributed by atoms with E-state index in [4.69, 9.17) is 4.74 Å². The van der Waals surface area contributed by atoms with Crippen molar-refractivity contribution in [2.24, 2.45) is 0 Å². The molecular formula is C14H24N2O. The maximum atomic E-state index is 5.47. The Morgan fingerprint density at radius 3 is 2.59 bits per heavy atom. The number of rotatable bonds is 6. The molecule has 0 spiro atoms. The Morgan fingerprint density at radius 1 is 1.35 bits per heavy atom. The van der Waals surface area contributed by atoms with Crippen molar-refractivity contribution in [1.82, 2.24) is 10.2 Å². The van der Waals surface area contributed by atoms with E-state index in [1.807, 2.05) is 13.1 Å². The number of benzene rings is 1. The first-order chi connectivity index (χ1) is 8.11. The first-order valence-corrected chi connectivity index (χ1v) is 6.08. The van der Waals surface area contributed by atoms with Gasteiger partial charge in [-0.25, -0.2) is 0 Å². The third-order valence-electron chi connectivity index (χ3n) is 3.24. The van der Waals surface area contributed by atoms with E-state index >= 15 is 0 Å². The minimum absolute atomic E-state index is 0.400. The predicted molar refractivity (Wildman–Crippen MR) is 72.7 cm³/mol. The van der Waals surface area contributed by atoms with Crippen LogP contribution in [-0.4, -0.2) is 39.7 Å². The van der Waals surface area contributed by atoms with E-state index in [2.05, 4.69) is 43.4 Å². The Bertz CT molecular complexity index is 350. The molecule has 17 heavy (non-hydrogen) atoms. The normalized spacial score (nSPS) is 12.8. The molecule has 3 heteroatoms. The zero-order valence-electron chi connectivity index (χ0n) is 11.6. The second-order valence-electron chi connectivity index (χ2n) is 4.52. The van der Waals surface area contributed by atoms with Crippen LogP contribution in [0.5, 0.6) is 5.75 Å². The van der Waals surface area contributed by atoms with Gasteiger partial charge in [-0.05, 0) is 52.7 Å². The van der Waals surface area contributed by atoms with Gasteiger partial charge in [0.15, 0.2) is 0 Å². The number of hydrogen-bond acceptors (Lipinski definition) is 3. The van der Waals surface area contributed by atoms with Crippen molar-refractivity contribution < 1.29 is 4.74 Å². The summed E-state index contributed by atoms with van der Waals surface area (Å²) < 4.78 is 5.47. The molecule has 0 amide bonds. The average molecular weight is 236 g/mol. The maximum absolute atomic E-state index is 5.47. The molecule has 1 aromatic carbocycles. The monoisotopic (exact) mass is 236 g/mol. The molecule has 1 aromatic rings. The molecule has 0 aromatic heterocycles. The maximum Gasteiger partial charge on any atom is 0.122 e. The van der Waals surface area contributed by atoms with Crippen LogP contribution in [0.3, 0.4) is 0 Å². The van der Waals surface area contributed by atoms with Gasteiger partial charge in [-0.2, -0.15) is 0 Å². The Kier molecular flexibility index (Phi) is 5.45. The molecule has 0 aliphatic rings. The molecule has 1 atom stereocenters. The average Bonchev–Trinajstić information content (AvgIpc) is 2.34. The van der Waals surface area contributed by atoms with Gasteiger partial charge in [0.1, 0.15) is 5.75 Å². The van der Waals surface area contributed by atoms with Crippen LogP contribution in [0.25, 0.3) is 0 Å². The van der Waals surface area contributed by atoms with Crippen molar-refractivity contribution in [3.05, 3.63) is 29.3 Å². The van der Waals surface area contributed by atoms with E-state index in [1.54, 1.807) is 7.11 Å². The Labute approximate surface area is 105 Å². The highest BCUT2D eigenvalue weighted by atomic mass is 16.5. The largest absolute Gasteiger partial charge is 0.496 e. The SMILES string of the molecule is CNCCc1c(OC)cccc1C(C)N(C)C. The third kappa shape index (κ3) is 3.45. The lowest BCUT2D eigenvalue weighted by Crippen LogP contribution is -2.20. The van der Waals surface area contributed by atoms with Crippen LogP contribution in [0, 0.1) is 0 Å². The minimum atomic E-state index is 0.400. The lowest BCUT2D eigenvalue weighted by molar-refractivity contribution is 0.317. The lowest BCUT2D eigenvalue weighted by Gasteiger charge is -2.24. The number of likely N-dealkylation sites (N-methyl/N-ethyl adjacent to an activating group) is 1. The molecule has 96 valence electrons. The highest BCUT2D eigenvalue weighted by molar-refractivity contribution is 5.42. The van der Waals surface area contributed by atoms with E-state index in [0.717, 1.165) is 18.7 Å². The van der Waals surface area contributed by atoms with Gasteiger partial charge in [0.05, 0.1) is 7.11 Å². The quantitative estimate of drug-likeness (QED) is 0.818. The summed E-state index contributed by atoms with van der Waals surface area (Å²) in [6.45, 7) is 3.19. The number of nitrogens with zero attached hydrogens (tertiary/aromatic N) is 1. The van der Waals surface area contributed by atoms with Gasteiger partial charge in [0.25, 0.3) is 0 Å². The van der Waals surface area contributed by atoms with Crippen LogP contribution in [0.4, 0.5) is 0 Å². The van der Waals surface area contributed by atoms with Gasteiger partial charge < -0.3 is 15.0 Å². The molecule has 0 aliphatic heterocycles. The number of methoxy groups -OCH3 is 1. The standard InChI is InChI=1S/C14H24N2O/c1-11(16(3)4)12-7-6-8-14(17-5)13(12)9-10-15-2/h6-8,11,15H,9-10H2,1-5H3. The van der Waals surface area contributed by atoms with Gasteiger partial charge in [-0.1, -0.05) is 12.1 Å². The van der Waals surface area contributed by atoms with Crippen LogP contribution in [0.15, 0.2) is 18.2 Å². The fraction of sp³-hybridized carbons (Fsp3) is 0.571. The summed E-state index contributed by atoms with van der Waals surface area (Å²) in [5.41, 5.74) is 2.66. The van der Waals surface area contributed by atoms with Crippen molar-refractivity contribution in [2.45, 2.75) is 19.4 Å². The molecule has 0 bridgehead atoms. The van der Waals surface area contributed by atoms with E-state index in [-0.39, 0.29) is 0 Å². The van der Waals surface area contributed by atoms with Gasteiger partial charge >= 0.3 is 0 Å². The number of hydrogen-bond donors (Lipinski definition) is 1. The summed E-state index contributed by atoms with van der Waals surface area (Å²) in [4.78, 5) is 2.22. The van der Waals surface area contributed by atoms with Crippen LogP contribution in [0.2, 0.25) is 0 Å². The second-order valence-corrected chi connectivity index (χ2v) is 4.52. The third-order valence-corrected chi connectivity index (χ3v) is 3.24. The first-order valence-electron chi connectivity index (χ1n) is 6.08. The lowest BCUT2D eigenvalue weighted by atomic mass is 9.97. The molecule has 3 nitrogen and oxygen atoms in total. The van der Waals surface area contributed by atoms with E-state index in [0.29, 0.717) is 6.04 Å². The Hall–Kier alpha value is -1.06. The summed E-state index contributed by atoms with van der Waals surface area (Å²) in [5, 5.41) is 3.19. The zero-order chi connectivity index (χ0) is 12.8. The van der Waals surface area contributed by atoms with Crippen molar-refractivity contribution in [1.29, 1.82) is 0 Å². The number of nitrogens with one attached hydrogen (secondary N) is 1. The summed E-state index contributed by atoms with van der Waals surface area (Å²) in [5.74, 6) is 0.992. The zero-order valence-corrected chi connectivity index (χ0v) is 11.6. The van der Waals surface area contributed by atoms with Crippen molar-refractivity contribution >= 4 is 0 Å². The topological polar surface area (TPSA) is 24.5 Å². The van der Waals surface area contributed by atoms with E-state index in [9.17, 15) is 0 Å². The van der Waals surface area contributed by atoms with Crippen molar-refractivity contribution in [3.63, 3.8) is 0 Å². The van der Waals surface area contributed by atoms with Crippen LogP contribution < -0.4 is 10.1 Å². The highest BCUT2D eigenvalue weighted by Crippen LogP contribution is 2.29. The van der Waals surface area contributed by atoms with Crippen LogP contribution in [-0.2, 0) is 6.42 Å². The van der Waals surface area contributed by atoms with Crippen molar-refractivity contribution in [3.8, 4) is 5.75 Å². The number of ether oxygens (including phenoxy) is 1. The van der Waals surface area contributed by atoms with Gasteiger partial charge in [-0.3, -0.25) is 0 Å². The van der Waals surface area contributed by atoms with Gasteiger partial charge in [-0.15, -0.1) is 0 Å². The molecule has 0 saturated heterocycles. The fourth-order valence-electron chi connectivity index (χ4n) is 1.96. The molecule has 0 saturated carbocycles. The summed E-state index contributed by atoms with van der Waals surface area (Å²) >= 11 is 0. The molecule has 0 heterocycles. The van der Waals surface area contributed by atoms with Gasteiger partial charge in [0.2, 0.25) is 0 Å². The minimum Gasteiger partial charge on any atom is -0.496 e. The summed E-state index contributed by atoms with van der Waals surface area (Å²) in [6.07, 6.45) is 0.994. The molecule has 0 radical (unpaired) electrons. The molecule has 0 aliphatic carbocycles. The highest BCUT2D eigenvalue weighted by Gasteiger charge is 2.15. The molecular weight excluding hydrogens is 212 g/mol. The predicted octanol–water partition coefficient (Wildman–Crippen LogP) is 2.08. The Balaban J connectivity index is 3.09. The second kappa shape index (κ2) is 6.62. The van der Waals surface area contributed by atoms with Crippen LogP contribution in [0.1, 0.15) is 24.1 Å². The van der Waals surface area contributed by atoms with Crippen molar-refractivity contribution in [2.75, 3.05) is 34.8 Å². The van der Waals surface area contributed by atoms with Gasteiger partial charge in [0, 0.05) is 11.6 Å². The Morgan fingerprint density at radius 2 is 2.06 bits per heavy atom. The molecule has 1 unspecified atom stereocenters. The van der Waals surface area contributed by atoms with Crippen LogP contribution >= 0.6 is 0 Å². The fourth-order valence-corrected chi connectivity index (χ4v) is 1.96. The smallest absolute Gasteiger partial charge is 0.122 e. The first kappa shape index (κ1) is 14.0. The summed E-state index contributed by atoms with van der Waals surface area (Å²) in [7, 11) is 7.92. The molecule has 0 fully saturated rings. The van der Waals surface area contributed by atoms with E-state index in [1.165, 1.54) is 11.1 Å². The molecule has 1 rings (SSSR count). The molecule has 1 N–H and O–H groups in total. The van der Waals surface area contributed by atoms with E-state index < -0.39 is 0 Å². The summed E-state index contributed by atoms with van der Waals surface area (Å²) in [6, 6.07) is 6.70.